The number of rotatable bonds is 3. The minimum atomic E-state index is -0.597. The van der Waals surface area contributed by atoms with Crippen LogP contribution in [0.4, 0.5) is 0 Å². The second-order valence-electron chi connectivity index (χ2n) is 6.91. The third-order valence-corrected chi connectivity index (χ3v) is 5.44. The van der Waals surface area contributed by atoms with Crippen molar-refractivity contribution in [2.24, 2.45) is 0 Å². The molecule has 5 atom stereocenters. The molecule has 0 spiro atoms. The van der Waals surface area contributed by atoms with E-state index in [0.29, 0.717) is 12.6 Å². The highest BCUT2D eigenvalue weighted by Gasteiger charge is 2.51. The van der Waals surface area contributed by atoms with Gasteiger partial charge in [-0.05, 0) is 30.0 Å². The molecule has 1 aliphatic carbocycles. The van der Waals surface area contributed by atoms with Gasteiger partial charge in [0.05, 0.1) is 18.8 Å². The molecule has 1 aromatic heterocycles. The Morgan fingerprint density at radius 2 is 1.96 bits per heavy atom. The highest BCUT2D eigenvalue weighted by atomic mass is 16.7. The normalized spacial score (nSPS) is 35.3. The number of hydrogen-bond acceptors (Lipinski definition) is 5. The van der Waals surface area contributed by atoms with Crippen LogP contribution in [0.25, 0.3) is 0 Å². The van der Waals surface area contributed by atoms with Crippen LogP contribution in [0.1, 0.15) is 17.2 Å². The molecule has 2 N–H and O–H groups in total. The minimum Gasteiger partial charge on any atom is -0.389 e. The lowest BCUT2D eigenvalue weighted by Gasteiger charge is -2.39. The van der Waals surface area contributed by atoms with Crippen molar-refractivity contribution < 1.29 is 14.6 Å². The first kappa shape index (κ1) is 14.6. The first-order chi connectivity index (χ1) is 11.8. The predicted octanol–water partition coefficient (Wildman–Crippen LogP) is 0.666. The summed E-state index contributed by atoms with van der Waals surface area (Å²) >= 11 is 0. The topological polar surface area (TPSA) is 68.5 Å². The van der Waals surface area contributed by atoms with Crippen molar-refractivity contribution >= 4 is 0 Å². The summed E-state index contributed by atoms with van der Waals surface area (Å²) in [5, 5.41) is 18.9. The molecule has 3 heterocycles. The number of ether oxygens (including phenoxy) is 2. The van der Waals surface area contributed by atoms with E-state index >= 15 is 0 Å². The molecule has 6 nitrogen and oxygen atoms in total. The van der Waals surface area contributed by atoms with Crippen LogP contribution in [-0.4, -0.2) is 52.1 Å². The molecule has 5 unspecified atom stereocenters. The Balaban J connectivity index is 1.36. The van der Waals surface area contributed by atoms with Gasteiger partial charge in [-0.2, -0.15) is 5.10 Å². The minimum absolute atomic E-state index is 0.111. The number of benzene rings is 1. The lowest BCUT2D eigenvalue weighted by molar-refractivity contribution is -0.169. The fourth-order valence-corrected chi connectivity index (χ4v) is 4.29. The standard InChI is InChI=1S/C18H21N3O3/c22-17-15(20-13-8-11-4-1-2-5-12(11)9-13)14-10-23-18(24-14)16(17)21-7-3-6-19-21/h1-7,13-18,20,22H,8-10H2. The van der Waals surface area contributed by atoms with E-state index in [0.717, 1.165) is 12.8 Å². The van der Waals surface area contributed by atoms with Crippen molar-refractivity contribution in [1.29, 1.82) is 0 Å². The number of hydrogen-bond donors (Lipinski definition) is 2. The van der Waals surface area contributed by atoms with Gasteiger partial charge in [0.15, 0.2) is 6.29 Å². The molecule has 2 bridgehead atoms. The van der Waals surface area contributed by atoms with Crippen LogP contribution in [0.2, 0.25) is 0 Å². The summed E-state index contributed by atoms with van der Waals surface area (Å²) in [7, 11) is 0. The summed E-state index contributed by atoms with van der Waals surface area (Å²) in [4.78, 5) is 0. The second kappa shape index (κ2) is 5.67. The van der Waals surface area contributed by atoms with Gasteiger partial charge >= 0.3 is 0 Å². The highest BCUT2D eigenvalue weighted by molar-refractivity contribution is 5.33. The number of aromatic nitrogens is 2. The van der Waals surface area contributed by atoms with E-state index in [4.69, 9.17) is 9.47 Å². The van der Waals surface area contributed by atoms with Crippen LogP contribution >= 0.6 is 0 Å². The molecule has 126 valence electrons. The van der Waals surface area contributed by atoms with Gasteiger partial charge < -0.3 is 19.9 Å². The lowest BCUT2D eigenvalue weighted by Crippen LogP contribution is -2.59. The molecule has 24 heavy (non-hydrogen) atoms. The van der Waals surface area contributed by atoms with Gasteiger partial charge in [0.25, 0.3) is 0 Å². The molecule has 0 saturated carbocycles. The molecule has 2 aliphatic heterocycles. The SMILES string of the molecule is OC1C(NC2Cc3ccccc3C2)C2COC(O2)C1n1cccn1. The molecular weight excluding hydrogens is 306 g/mol. The van der Waals surface area contributed by atoms with Gasteiger partial charge in [0.2, 0.25) is 0 Å². The van der Waals surface area contributed by atoms with E-state index < -0.39 is 12.4 Å². The van der Waals surface area contributed by atoms with Crippen LogP contribution in [-0.2, 0) is 22.3 Å². The summed E-state index contributed by atoms with van der Waals surface area (Å²) in [5.74, 6) is 0. The third-order valence-electron chi connectivity index (χ3n) is 5.44. The van der Waals surface area contributed by atoms with Gasteiger partial charge in [-0.1, -0.05) is 24.3 Å². The Bertz CT molecular complexity index is 695. The first-order valence-electron chi connectivity index (χ1n) is 8.57. The van der Waals surface area contributed by atoms with Crippen molar-refractivity contribution in [3.05, 3.63) is 53.9 Å². The fraction of sp³-hybridized carbons (Fsp3) is 0.500. The largest absolute Gasteiger partial charge is 0.389 e. The summed E-state index contributed by atoms with van der Waals surface area (Å²) in [6.07, 6.45) is 4.40. The Morgan fingerprint density at radius 1 is 1.17 bits per heavy atom. The van der Waals surface area contributed by atoms with E-state index in [1.54, 1.807) is 10.9 Å². The van der Waals surface area contributed by atoms with Crippen molar-refractivity contribution in [3.8, 4) is 0 Å². The van der Waals surface area contributed by atoms with E-state index in [1.165, 1.54) is 11.1 Å². The number of aliphatic hydroxyl groups excluding tert-OH is 1. The third kappa shape index (κ3) is 2.29. The van der Waals surface area contributed by atoms with Crippen molar-refractivity contribution in [2.75, 3.05) is 6.61 Å². The van der Waals surface area contributed by atoms with E-state index in [1.807, 2.05) is 12.3 Å². The lowest BCUT2D eigenvalue weighted by atomic mass is 9.95. The van der Waals surface area contributed by atoms with Crippen molar-refractivity contribution in [2.45, 2.75) is 49.5 Å². The van der Waals surface area contributed by atoms with Crippen LogP contribution in [0.5, 0.6) is 0 Å². The number of nitrogens with one attached hydrogen (secondary N) is 1. The maximum absolute atomic E-state index is 11.0. The second-order valence-corrected chi connectivity index (χ2v) is 6.91. The van der Waals surface area contributed by atoms with Gasteiger partial charge in [0.1, 0.15) is 12.1 Å². The molecule has 6 heteroatoms. The van der Waals surface area contributed by atoms with Gasteiger partial charge in [-0.25, -0.2) is 0 Å². The zero-order valence-electron chi connectivity index (χ0n) is 13.3. The molecule has 0 radical (unpaired) electrons. The van der Waals surface area contributed by atoms with E-state index in [2.05, 4.69) is 34.7 Å². The monoisotopic (exact) mass is 327 g/mol. The summed E-state index contributed by atoms with van der Waals surface area (Å²) in [5.41, 5.74) is 2.79. The highest BCUT2D eigenvalue weighted by Crippen LogP contribution is 2.36. The number of nitrogens with zero attached hydrogens (tertiary/aromatic N) is 2. The van der Waals surface area contributed by atoms with E-state index in [9.17, 15) is 5.11 Å². The van der Waals surface area contributed by atoms with Gasteiger partial charge in [-0.3, -0.25) is 4.68 Å². The van der Waals surface area contributed by atoms with Gasteiger partial charge in [-0.15, -0.1) is 0 Å². The van der Waals surface area contributed by atoms with E-state index in [-0.39, 0.29) is 18.2 Å². The van der Waals surface area contributed by atoms with Crippen molar-refractivity contribution in [1.82, 2.24) is 15.1 Å². The van der Waals surface area contributed by atoms with Gasteiger partial charge in [0, 0.05) is 18.4 Å². The van der Waals surface area contributed by atoms with Crippen LogP contribution in [0.3, 0.4) is 0 Å². The maximum atomic E-state index is 11.0. The molecule has 0 amide bonds. The van der Waals surface area contributed by atoms with Crippen LogP contribution in [0, 0.1) is 0 Å². The summed E-state index contributed by atoms with van der Waals surface area (Å²) in [6.45, 7) is 0.511. The molecule has 2 fully saturated rings. The predicted molar refractivity (Wildman–Crippen MR) is 86.4 cm³/mol. The molecule has 5 rings (SSSR count). The Hall–Kier alpha value is -1.73. The molecule has 2 aromatic rings. The number of fused-ring (bicyclic) bond motifs is 3. The number of aliphatic hydroxyl groups is 1. The molecule has 3 aliphatic rings. The smallest absolute Gasteiger partial charge is 0.183 e. The fourth-order valence-electron chi connectivity index (χ4n) is 4.29. The average molecular weight is 327 g/mol. The Kier molecular flexibility index (Phi) is 3.45. The molecular formula is C18H21N3O3. The summed E-state index contributed by atoms with van der Waals surface area (Å²) < 4.78 is 13.5. The Morgan fingerprint density at radius 3 is 2.67 bits per heavy atom. The zero-order valence-corrected chi connectivity index (χ0v) is 13.3. The quantitative estimate of drug-likeness (QED) is 0.867. The maximum Gasteiger partial charge on any atom is 0.183 e. The van der Waals surface area contributed by atoms with Crippen LogP contribution < -0.4 is 5.32 Å². The molecule has 2 saturated heterocycles. The Labute approximate surface area is 140 Å². The zero-order chi connectivity index (χ0) is 16.1. The average Bonchev–Trinajstić information content (AvgIpc) is 3.32. The molecule has 1 aromatic carbocycles. The first-order valence-corrected chi connectivity index (χ1v) is 8.57. The van der Waals surface area contributed by atoms with Crippen LogP contribution in [0.15, 0.2) is 42.7 Å². The summed E-state index contributed by atoms with van der Waals surface area (Å²) in [6, 6.07) is 10.2. The van der Waals surface area contributed by atoms with Crippen molar-refractivity contribution in [3.63, 3.8) is 0 Å².